The van der Waals surface area contributed by atoms with E-state index in [2.05, 4.69) is 5.32 Å². The van der Waals surface area contributed by atoms with Gasteiger partial charge in [-0.2, -0.15) is 11.8 Å². The molecule has 0 bridgehead atoms. The van der Waals surface area contributed by atoms with E-state index in [0.29, 0.717) is 0 Å². The minimum absolute atomic E-state index is 0.0455. The predicted octanol–water partition coefficient (Wildman–Crippen LogP) is 2.61. The van der Waals surface area contributed by atoms with Gasteiger partial charge in [0.2, 0.25) is 5.91 Å². The third-order valence-corrected chi connectivity index (χ3v) is 4.11. The molecular weight excluding hydrogens is 269 g/mol. The van der Waals surface area contributed by atoms with Crippen molar-refractivity contribution in [3.63, 3.8) is 0 Å². The zero-order valence-corrected chi connectivity index (χ0v) is 11.0. The van der Waals surface area contributed by atoms with Gasteiger partial charge in [-0.25, -0.2) is 9.18 Å². The molecular formula is C13H14FNO3S. The molecule has 0 aromatic heterocycles. The molecule has 0 spiro atoms. The van der Waals surface area contributed by atoms with Gasteiger partial charge in [-0.05, 0) is 42.5 Å². The van der Waals surface area contributed by atoms with Crippen molar-refractivity contribution in [2.75, 3.05) is 16.8 Å². The molecule has 4 nitrogen and oxygen atoms in total. The zero-order valence-electron chi connectivity index (χ0n) is 10.2. The number of anilines is 1. The third-order valence-electron chi connectivity index (χ3n) is 3.06. The minimum atomic E-state index is -1.15. The Bertz CT molecular complexity index is 501. The third kappa shape index (κ3) is 3.47. The number of thioether (sulfide) groups is 1. The van der Waals surface area contributed by atoms with Crippen LogP contribution in [0.4, 0.5) is 10.1 Å². The van der Waals surface area contributed by atoms with Crippen molar-refractivity contribution >= 4 is 29.3 Å². The van der Waals surface area contributed by atoms with E-state index in [1.807, 2.05) is 0 Å². The maximum Gasteiger partial charge on any atom is 0.335 e. The number of hydrogen-bond acceptors (Lipinski definition) is 3. The van der Waals surface area contributed by atoms with Crippen molar-refractivity contribution in [1.29, 1.82) is 0 Å². The summed E-state index contributed by atoms with van der Waals surface area (Å²) in [5, 5.41) is 11.3. The first-order valence-corrected chi connectivity index (χ1v) is 7.15. The Morgan fingerprint density at radius 3 is 2.63 bits per heavy atom. The Hall–Kier alpha value is -1.56. The van der Waals surface area contributed by atoms with E-state index in [-0.39, 0.29) is 23.1 Å². The van der Waals surface area contributed by atoms with Gasteiger partial charge in [-0.3, -0.25) is 4.79 Å². The average Bonchev–Trinajstić information content (AvgIpc) is 2.42. The van der Waals surface area contributed by atoms with Gasteiger partial charge in [0.25, 0.3) is 0 Å². The van der Waals surface area contributed by atoms with E-state index in [1.54, 1.807) is 11.8 Å². The number of carboxylic acid groups (broad SMARTS) is 1. The topological polar surface area (TPSA) is 66.4 Å². The second kappa shape index (κ2) is 6.06. The highest BCUT2D eigenvalue weighted by Crippen LogP contribution is 2.25. The number of rotatable bonds is 3. The molecule has 0 atom stereocenters. The quantitative estimate of drug-likeness (QED) is 0.895. The van der Waals surface area contributed by atoms with Crippen LogP contribution in [0.25, 0.3) is 0 Å². The fraction of sp³-hybridized carbons (Fsp3) is 0.385. The van der Waals surface area contributed by atoms with Crippen molar-refractivity contribution in [2.45, 2.75) is 12.8 Å². The fourth-order valence-corrected chi connectivity index (χ4v) is 3.06. The molecule has 1 amide bonds. The van der Waals surface area contributed by atoms with E-state index < -0.39 is 11.8 Å². The smallest absolute Gasteiger partial charge is 0.335 e. The Balaban J connectivity index is 2.11. The second-order valence-electron chi connectivity index (χ2n) is 4.38. The molecule has 0 radical (unpaired) electrons. The molecule has 19 heavy (non-hydrogen) atoms. The van der Waals surface area contributed by atoms with Gasteiger partial charge >= 0.3 is 5.97 Å². The van der Waals surface area contributed by atoms with E-state index in [9.17, 15) is 14.0 Å². The first kappa shape index (κ1) is 13.9. The van der Waals surface area contributed by atoms with Gasteiger partial charge in [0.15, 0.2) is 0 Å². The summed E-state index contributed by atoms with van der Waals surface area (Å²) in [5.74, 6) is -0.269. The van der Waals surface area contributed by atoms with Crippen LogP contribution in [0.15, 0.2) is 18.2 Å². The van der Waals surface area contributed by atoms with E-state index in [1.165, 1.54) is 6.07 Å². The summed E-state index contributed by atoms with van der Waals surface area (Å²) >= 11 is 1.80. The highest BCUT2D eigenvalue weighted by molar-refractivity contribution is 7.99. The first-order chi connectivity index (χ1) is 9.08. The monoisotopic (exact) mass is 283 g/mol. The summed E-state index contributed by atoms with van der Waals surface area (Å²) in [6.07, 6.45) is 1.55. The molecule has 2 rings (SSSR count). The van der Waals surface area contributed by atoms with Crippen LogP contribution in [0.3, 0.4) is 0 Å². The van der Waals surface area contributed by atoms with Crippen LogP contribution < -0.4 is 5.32 Å². The van der Waals surface area contributed by atoms with Gasteiger partial charge in [0.05, 0.1) is 11.3 Å². The average molecular weight is 283 g/mol. The molecule has 2 N–H and O–H groups in total. The molecule has 1 aliphatic heterocycles. The summed E-state index contributed by atoms with van der Waals surface area (Å²) in [7, 11) is 0. The maximum atomic E-state index is 13.5. The van der Waals surface area contributed by atoms with Crippen LogP contribution in [0.2, 0.25) is 0 Å². The number of nitrogens with one attached hydrogen (secondary N) is 1. The molecule has 1 heterocycles. The molecule has 0 saturated carbocycles. The van der Waals surface area contributed by atoms with E-state index >= 15 is 0 Å². The molecule has 1 aromatic carbocycles. The lowest BCUT2D eigenvalue weighted by molar-refractivity contribution is -0.120. The zero-order chi connectivity index (χ0) is 13.8. The van der Waals surface area contributed by atoms with Gasteiger partial charge in [0.1, 0.15) is 5.82 Å². The van der Waals surface area contributed by atoms with Crippen molar-refractivity contribution < 1.29 is 19.1 Å². The summed E-state index contributed by atoms with van der Waals surface area (Å²) in [5.41, 5.74) is -0.112. The summed E-state index contributed by atoms with van der Waals surface area (Å²) in [4.78, 5) is 22.8. The van der Waals surface area contributed by atoms with Crippen molar-refractivity contribution in [2.24, 2.45) is 5.92 Å². The standard InChI is InChI=1S/C13H14FNO3S/c14-10-2-1-9(13(17)18)7-11(10)15-12(16)8-3-5-19-6-4-8/h1-2,7-8H,3-6H2,(H,15,16)(H,17,18). The normalized spacial score (nSPS) is 16.1. The highest BCUT2D eigenvalue weighted by atomic mass is 32.2. The van der Waals surface area contributed by atoms with Crippen LogP contribution in [0.5, 0.6) is 0 Å². The summed E-state index contributed by atoms with van der Waals surface area (Å²) in [6, 6.07) is 3.37. The second-order valence-corrected chi connectivity index (χ2v) is 5.60. The lowest BCUT2D eigenvalue weighted by atomic mass is 10.0. The van der Waals surface area contributed by atoms with E-state index in [0.717, 1.165) is 36.5 Å². The lowest BCUT2D eigenvalue weighted by Crippen LogP contribution is -2.26. The van der Waals surface area contributed by atoms with E-state index in [4.69, 9.17) is 5.11 Å². The number of carboxylic acids is 1. The molecule has 0 aliphatic carbocycles. The lowest BCUT2D eigenvalue weighted by Gasteiger charge is -2.20. The number of hydrogen-bond donors (Lipinski definition) is 2. The Kier molecular flexibility index (Phi) is 4.42. The molecule has 1 fully saturated rings. The summed E-state index contributed by atoms with van der Waals surface area (Å²) in [6.45, 7) is 0. The maximum absolute atomic E-state index is 13.5. The largest absolute Gasteiger partial charge is 0.478 e. The number of aromatic carboxylic acids is 1. The molecule has 0 unspecified atom stereocenters. The first-order valence-electron chi connectivity index (χ1n) is 5.99. The molecule has 1 aliphatic rings. The molecule has 102 valence electrons. The van der Waals surface area contributed by atoms with Crippen molar-refractivity contribution in [3.05, 3.63) is 29.6 Å². The predicted molar refractivity (Wildman–Crippen MR) is 72.0 cm³/mol. The molecule has 1 aromatic rings. The van der Waals surface area contributed by atoms with Crippen LogP contribution in [-0.2, 0) is 4.79 Å². The SMILES string of the molecule is O=C(O)c1ccc(F)c(NC(=O)C2CCSCC2)c1. The van der Waals surface area contributed by atoms with Gasteiger partial charge in [-0.15, -0.1) is 0 Å². The van der Waals surface area contributed by atoms with Gasteiger partial charge in [0, 0.05) is 5.92 Å². The minimum Gasteiger partial charge on any atom is -0.478 e. The number of amides is 1. The highest BCUT2D eigenvalue weighted by Gasteiger charge is 2.22. The number of benzene rings is 1. The molecule has 1 saturated heterocycles. The fourth-order valence-electron chi connectivity index (χ4n) is 1.95. The Labute approximate surface area is 114 Å². The van der Waals surface area contributed by atoms with Crippen molar-refractivity contribution in [3.8, 4) is 0 Å². The van der Waals surface area contributed by atoms with Crippen LogP contribution >= 0.6 is 11.8 Å². The van der Waals surface area contributed by atoms with Gasteiger partial charge in [-0.1, -0.05) is 0 Å². The van der Waals surface area contributed by atoms with Crippen LogP contribution in [0, 0.1) is 11.7 Å². The Morgan fingerprint density at radius 1 is 1.32 bits per heavy atom. The number of carbonyl (C=O) groups is 2. The summed E-state index contributed by atoms with van der Waals surface area (Å²) < 4.78 is 13.5. The molecule has 6 heteroatoms. The number of halogens is 1. The van der Waals surface area contributed by atoms with Crippen LogP contribution in [-0.4, -0.2) is 28.5 Å². The van der Waals surface area contributed by atoms with Crippen LogP contribution in [0.1, 0.15) is 23.2 Å². The van der Waals surface area contributed by atoms with Gasteiger partial charge < -0.3 is 10.4 Å². The van der Waals surface area contributed by atoms with Crippen molar-refractivity contribution in [1.82, 2.24) is 0 Å². The number of carbonyl (C=O) groups excluding carboxylic acids is 1. The Morgan fingerprint density at radius 2 is 2.00 bits per heavy atom.